The fourth-order valence-electron chi connectivity index (χ4n) is 5.12. The van der Waals surface area contributed by atoms with Crippen molar-refractivity contribution in [3.8, 4) is 23.1 Å². The predicted octanol–water partition coefficient (Wildman–Crippen LogP) is 5.32. The number of rotatable bonds is 4. The lowest BCUT2D eigenvalue weighted by Crippen LogP contribution is -2.52. The Kier molecular flexibility index (Phi) is 6.79. The average molecular weight is 405 g/mol. The Morgan fingerprint density at radius 1 is 1.07 bits per heavy atom. The van der Waals surface area contributed by atoms with E-state index in [0.29, 0.717) is 0 Å². The first-order valence-electron chi connectivity index (χ1n) is 11.8. The van der Waals surface area contributed by atoms with Gasteiger partial charge >= 0.3 is 0 Å². The number of nitrogens with zero attached hydrogens (tertiary/aromatic N) is 3. The van der Waals surface area contributed by atoms with Crippen molar-refractivity contribution in [1.82, 2.24) is 15.1 Å². The fraction of sp³-hybridized carbons (Fsp3) is 0.577. The van der Waals surface area contributed by atoms with Gasteiger partial charge in [0.2, 0.25) is 0 Å². The topological polar surface area (TPSA) is 35.2 Å². The zero-order valence-corrected chi connectivity index (χ0v) is 18.8. The lowest BCUT2D eigenvalue weighted by atomic mass is 9.89. The minimum absolute atomic E-state index is 0.740. The van der Waals surface area contributed by atoms with Gasteiger partial charge in [-0.15, -0.1) is 0 Å². The first kappa shape index (κ1) is 21.0. The molecule has 4 rings (SSSR count). The summed E-state index contributed by atoms with van der Waals surface area (Å²) in [4.78, 5) is 5.29. The molecule has 160 valence electrons. The summed E-state index contributed by atoms with van der Waals surface area (Å²) in [7, 11) is 0. The largest absolute Gasteiger partial charge is 0.355 e. The van der Waals surface area contributed by atoms with Crippen molar-refractivity contribution in [3.63, 3.8) is 0 Å². The lowest BCUT2D eigenvalue weighted by molar-refractivity contribution is 0.0542. The van der Waals surface area contributed by atoms with Gasteiger partial charge in [-0.2, -0.15) is 5.10 Å². The lowest BCUT2D eigenvalue weighted by Gasteiger charge is -2.46. The zero-order chi connectivity index (χ0) is 20.9. The van der Waals surface area contributed by atoms with Crippen LogP contribution in [-0.2, 0) is 0 Å². The van der Waals surface area contributed by atoms with E-state index in [-0.39, 0.29) is 0 Å². The third-order valence-corrected chi connectivity index (χ3v) is 6.79. The average Bonchev–Trinajstić information content (AvgIpc) is 3.28. The number of piperidine rings is 2. The molecule has 1 aromatic heterocycles. The molecule has 2 saturated heterocycles. The first-order chi connectivity index (χ1) is 14.7. The Balaban J connectivity index is 1.37. The molecule has 0 bridgehead atoms. The van der Waals surface area contributed by atoms with Gasteiger partial charge < -0.3 is 4.90 Å². The highest BCUT2D eigenvalue weighted by molar-refractivity contribution is 5.64. The maximum Gasteiger partial charge on any atom is 0.150 e. The second-order valence-electron chi connectivity index (χ2n) is 9.14. The molecule has 1 N–H and O–H groups in total. The molecule has 4 heteroatoms. The monoisotopic (exact) mass is 404 g/mol. The highest BCUT2D eigenvalue weighted by Gasteiger charge is 2.33. The van der Waals surface area contributed by atoms with E-state index in [4.69, 9.17) is 0 Å². The summed E-state index contributed by atoms with van der Waals surface area (Å²) in [5.41, 5.74) is 3.32. The van der Waals surface area contributed by atoms with Gasteiger partial charge in [0.15, 0.2) is 5.82 Å². The van der Waals surface area contributed by atoms with Crippen LogP contribution in [0.2, 0.25) is 0 Å². The Bertz CT molecular complexity index is 862. The van der Waals surface area contributed by atoms with E-state index in [2.05, 4.69) is 82.9 Å². The van der Waals surface area contributed by atoms with Crippen molar-refractivity contribution in [3.05, 3.63) is 35.9 Å². The molecular formula is C26H36N4. The van der Waals surface area contributed by atoms with Gasteiger partial charge in [-0.05, 0) is 55.8 Å². The Labute approximate surface area is 182 Å². The van der Waals surface area contributed by atoms with Crippen LogP contribution >= 0.6 is 0 Å². The Hall–Kier alpha value is -2.25. The Morgan fingerprint density at radius 2 is 1.83 bits per heavy atom. The summed E-state index contributed by atoms with van der Waals surface area (Å²) in [6.45, 7) is 10.4. The standard InChI is InChI=1S/C26H36N4/c1-4-5-8-21-10-12-22(13-11-21)24-19-26(28-27-24)29-17-14-23(15-18-29)30-16-7-6-9-25(30)20(2)3/h10-13,19-20,23,25H,4,6-7,9,14-18H2,1-3H3,(H,27,28). The molecule has 0 spiro atoms. The van der Waals surface area contributed by atoms with Crippen LogP contribution in [-0.4, -0.2) is 46.8 Å². The summed E-state index contributed by atoms with van der Waals surface area (Å²) < 4.78 is 0. The van der Waals surface area contributed by atoms with Crippen LogP contribution in [0, 0.1) is 17.8 Å². The van der Waals surface area contributed by atoms with Crippen molar-refractivity contribution < 1.29 is 0 Å². The van der Waals surface area contributed by atoms with Crippen molar-refractivity contribution in [2.45, 2.75) is 71.4 Å². The second-order valence-corrected chi connectivity index (χ2v) is 9.14. The summed E-state index contributed by atoms with van der Waals surface area (Å²) in [5, 5.41) is 7.87. The van der Waals surface area contributed by atoms with Gasteiger partial charge in [0, 0.05) is 43.2 Å². The number of aromatic nitrogens is 2. The molecule has 2 aliphatic rings. The SMILES string of the molecule is CCC#Cc1ccc(-c2cc(N3CCC(N4CCCCC4C(C)C)CC3)n[nH]2)cc1. The molecule has 0 radical (unpaired) electrons. The maximum atomic E-state index is 4.63. The van der Waals surface area contributed by atoms with Crippen LogP contribution in [0.4, 0.5) is 5.82 Å². The number of H-pyrrole nitrogens is 1. The van der Waals surface area contributed by atoms with Crippen LogP contribution in [0.15, 0.2) is 30.3 Å². The molecule has 1 unspecified atom stereocenters. The molecule has 1 aromatic carbocycles. The highest BCUT2D eigenvalue weighted by atomic mass is 15.3. The number of aromatic amines is 1. The van der Waals surface area contributed by atoms with Crippen LogP contribution in [0.5, 0.6) is 0 Å². The normalized spacial score (nSPS) is 20.9. The quantitative estimate of drug-likeness (QED) is 0.701. The van der Waals surface area contributed by atoms with Gasteiger partial charge in [-0.3, -0.25) is 10.00 Å². The van der Waals surface area contributed by atoms with Crippen molar-refractivity contribution >= 4 is 5.82 Å². The van der Waals surface area contributed by atoms with E-state index < -0.39 is 0 Å². The number of hydrogen-bond donors (Lipinski definition) is 1. The van der Waals surface area contributed by atoms with Crippen molar-refractivity contribution in [1.29, 1.82) is 0 Å². The van der Waals surface area contributed by atoms with Crippen LogP contribution in [0.3, 0.4) is 0 Å². The summed E-state index contributed by atoms with van der Waals surface area (Å²) in [6.07, 6.45) is 7.53. The number of benzene rings is 1. The number of hydrogen-bond acceptors (Lipinski definition) is 3. The molecule has 3 heterocycles. The number of nitrogens with one attached hydrogen (secondary N) is 1. The van der Waals surface area contributed by atoms with Gasteiger partial charge in [0.25, 0.3) is 0 Å². The summed E-state index contributed by atoms with van der Waals surface area (Å²) in [6, 6.07) is 12.2. The molecule has 2 fully saturated rings. The molecule has 0 aliphatic carbocycles. The number of likely N-dealkylation sites (tertiary alicyclic amines) is 1. The summed E-state index contributed by atoms with van der Waals surface area (Å²) in [5.74, 6) is 8.15. The molecule has 4 nitrogen and oxygen atoms in total. The molecule has 2 aliphatic heterocycles. The molecule has 0 amide bonds. The van der Waals surface area contributed by atoms with E-state index >= 15 is 0 Å². The predicted molar refractivity (Wildman–Crippen MR) is 126 cm³/mol. The zero-order valence-electron chi connectivity index (χ0n) is 18.8. The molecule has 0 saturated carbocycles. The van der Waals surface area contributed by atoms with Gasteiger partial charge in [-0.1, -0.05) is 51.2 Å². The van der Waals surface area contributed by atoms with Gasteiger partial charge in [0.1, 0.15) is 0 Å². The van der Waals surface area contributed by atoms with E-state index in [1.165, 1.54) is 44.2 Å². The van der Waals surface area contributed by atoms with Crippen LogP contribution < -0.4 is 4.90 Å². The first-order valence-corrected chi connectivity index (χ1v) is 11.8. The van der Waals surface area contributed by atoms with Crippen LogP contribution in [0.25, 0.3) is 11.3 Å². The third kappa shape index (κ3) is 4.73. The van der Waals surface area contributed by atoms with Crippen LogP contribution in [0.1, 0.15) is 64.9 Å². The number of anilines is 1. The molecule has 1 atom stereocenters. The minimum Gasteiger partial charge on any atom is -0.355 e. The van der Waals surface area contributed by atoms with Gasteiger partial charge in [0.05, 0.1) is 5.69 Å². The van der Waals surface area contributed by atoms with E-state index in [0.717, 1.165) is 54.6 Å². The van der Waals surface area contributed by atoms with E-state index in [9.17, 15) is 0 Å². The molecule has 30 heavy (non-hydrogen) atoms. The van der Waals surface area contributed by atoms with Crippen molar-refractivity contribution in [2.75, 3.05) is 24.5 Å². The van der Waals surface area contributed by atoms with E-state index in [1.807, 2.05) is 0 Å². The van der Waals surface area contributed by atoms with Gasteiger partial charge in [-0.25, -0.2) is 0 Å². The minimum atomic E-state index is 0.740. The molecular weight excluding hydrogens is 368 g/mol. The Morgan fingerprint density at radius 3 is 2.53 bits per heavy atom. The maximum absolute atomic E-state index is 4.63. The summed E-state index contributed by atoms with van der Waals surface area (Å²) >= 11 is 0. The third-order valence-electron chi connectivity index (χ3n) is 6.79. The second kappa shape index (κ2) is 9.71. The molecule has 2 aromatic rings. The smallest absolute Gasteiger partial charge is 0.150 e. The van der Waals surface area contributed by atoms with E-state index in [1.54, 1.807) is 0 Å². The fourth-order valence-corrected chi connectivity index (χ4v) is 5.12. The highest BCUT2D eigenvalue weighted by Crippen LogP contribution is 2.31. The van der Waals surface area contributed by atoms with Crippen molar-refractivity contribution in [2.24, 2.45) is 5.92 Å².